The molecule has 0 aromatic rings. The number of unbranched alkanes of at least 4 members (excludes halogenated alkanes) is 1. The Bertz CT molecular complexity index is 589. The number of carboxylic acids is 1. The smallest absolute Gasteiger partial charge is 0.328 e. The molecule has 0 heterocycles. The zero-order chi connectivity index (χ0) is 23.4. The molecular weight excluding hydrogens is 414 g/mol. The van der Waals surface area contributed by atoms with Crippen LogP contribution in [0.1, 0.15) is 40.0 Å². The first kappa shape index (κ1) is 28.1. The average Bonchev–Trinajstić information content (AvgIpc) is 2.67. The van der Waals surface area contributed by atoms with Crippen LogP contribution in [0.5, 0.6) is 0 Å². The summed E-state index contributed by atoms with van der Waals surface area (Å²) < 4.78 is 0. The van der Waals surface area contributed by atoms with Crippen LogP contribution >= 0.6 is 12.6 Å². The fourth-order valence-corrected chi connectivity index (χ4v) is 2.71. The van der Waals surface area contributed by atoms with Gasteiger partial charge in [0.25, 0.3) is 0 Å². The molecule has 0 radical (unpaired) electrons. The molecule has 0 aliphatic heterocycles. The number of aliphatic hydroxyl groups excluding tert-OH is 1. The van der Waals surface area contributed by atoms with Crippen molar-refractivity contribution in [3.8, 4) is 0 Å². The van der Waals surface area contributed by atoms with Crippen LogP contribution in [-0.4, -0.2) is 76.5 Å². The molecule has 0 aliphatic rings. The normalized spacial score (nSPS) is 16.1. The van der Waals surface area contributed by atoms with Crippen LogP contribution in [0, 0.1) is 5.92 Å². The number of aliphatic carboxylic acids is 1. The zero-order valence-corrected chi connectivity index (χ0v) is 18.5. The predicted molar refractivity (Wildman–Crippen MR) is 115 cm³/mol. The maximum atomic E-state index is 12.8. The highest BCUT2D eigenvalue weighted by atomic mass is 32.1. The number of thiol groups is 1. The van der Waals surface area contributed by atoms with Crippen LogP contribution < -0.4 is 27.4 Å². The van der Waals surface area contributed by atoms with E-state index in [1.165, 1.54) is 6.92 Å². The van der Waals surface area contributed by atoms with Crippen molar-refractivity contribution in [3.63, 3.8) is 0 Å². The molecule has 0 rings (SSSR count). The summed E-state index contributed by atoms with van der Waals surface area (Å²) in [6, 6.07) is -4.45. The molecular formula is C18H35N5O6S. The Morgan fingerprint density at radius 1 is 0.933 bits per heavy atom. The molecule has 0 aromatic heterocycles. The van der Waals surface area contributed by atoms with E-state index in [0.29, 0.717) is 19.4 Å². The second-order valence-corrected chi connectivity index (χ2v) is 7.80. The topological polar surface area (TPSA) is 197 Å². The number of nitrogens with one attached hydrogen (secondary N) is 3. The van der Waals surface area contributed by atoms with Gasteiger partial charge in [-0.25, -0.2) is 4.79 Å². The van der Waals surface area contributed by atoms with Crippen molar-refractivity contribution in [2.24, 2.45) is 17.4 Å². The van der Waals surface area contributed by atoms with Crippen LogP contribution in [0.4, 0.5) is 0 Å². The van der Waals surface area contributed by atoms with Crippen molar-refractivity contribution < 1.29 is 29.4 Å². The Kier molecular flexibility index (Phi) is 13.3. The summed E-state index contributed by atoms with van der Waals surface area (Å²) in [6.45, 7) is 4.99. The summed E-state index contributed by atoms with van der Waals surface area (Å²) in [5.41, 5.74) is 11.1. The van der Waals surface area contributed by atoms with Gasteiger partial charge in [-0.3, -0.25) is 14.4 Å². The number of amides is 3. The third-order valence-electron chi connectivity index (χ3n) is 4.41. The summed E-state index contributed by atoms with van der Waals surface area (Å²) >= 11 is 3.96. The first-order chi connectivity index (χ1) is 14.0. The molecule has 0 saturated carbocycles. The van der Waals surface area contributed by atoms with E-state index in [-0.39, 0.29) is 12.2 Å². The maximum Gasteiger partial charge on any atom is 0.328 e. The zero-order valence-electron chi connectivity index (χ0n) is 17.6. The molecule has 0 saturated heterocycles. The summed E-state index contributed by atoms with van der Waals surface area (Å²) in [5, 5.41) is 26.0. The number of carbonyl (C=O) groups is 4. The van der Waals surface area contributed by atoms with Crippen molar-refractivity contribution >= 4 is 36.3 Å². The van der Waals surface area contributed by atoms with Gasteiger partial charge in [-0.1, -0.05) is 13.8 Å². The molecule has 9 N–H and O–H groups in total. The largest absolute Gasteiger partial charge is 0.480 e. The van der Waals surface area contributed by atoms with Crippen molar-refractivity contribution in [1.29, 1.82) is 0 Å². The van der Waals surface area contributed by atoms with E-state index in [1.54, 1.807) is 13.8 Å². The minimum absolute atomic E-state index is 0.0932. The first-order valence-electron chi connectivity index (χ1n) is 9.84. The predicted octanol–water partition coefficient (Wildman–Crippen LogP) is -2.05. The van der Waals surface area contributed by atoms with E-state index < -0.39 is 59.9 Å². The highest BCUT2D eigenvalue weighted by molar-refractivity contribution is 7.80. The summed E-state index contributed by atoms with van der Waals surface area (Å²) in [4.78, 5) is 48.7. The number of nitrogens with two attached hydrogens (primary N) is 2. The molecule has 5 unspecified atom stereocenters. The highest BCUT2D eigenvalue weighted by Crippen LogP contribution is 2.07. The van der Waals surface area contributed by atoms with Gasteiger partial charge in [0.2, 0.25) is 17.7 Å². The molecule has 0 fully saturated rings. The number of carbonyl (C=O) groups excluding carboxylic acids is 3. The molecule has 30 heavy (non-hydrogen) atoms. The van der Waals surface area contributed by atoms with Gasteiger partial charge in [-0.05, 0) is 38.6 Å². The Morgan fingerprint density at radius 3 is 1.93 bits per heavy atom. The third-order valence-corrected chi connectivity index (χ3v) is 4.80. The van der Waals surface area contributed by atoms with Gasteiger partial charge < -0.3 is 37.6 Å². The van der Waals surface area contributed by atoms with E-state index in [0.717, 1.165) is 0 Å². The molecule has 3 amide bonds. The molecule has 0 aromatic carbocycles. The number of hydrogen-bond donors (Lipinski definition) is 8. The van der Waals surface area contributed by atoms with Crippen LogP contribution in [0.3, 0.4) is 0 Å². The van der Waals surface area contributed by atoms with Gasteiger partial charge in [-0.15, -0.1) is 0 Å². The summed E-state index contributed by atoms with van der Waals surface area (Å²) in [6.07, 6.45) is 0.153. The van der Waals surface area contributed by atoms with Crippen molar-refractivity contribution in [3.05, 3.63) is 0 Å². The minimum Gasteiger partial charge on any atom is -0.480 e. The first-order valence-corrected chi connectivity index (χ1v) is 10.5. The fraction of sp³-hybridized carbons (Fsp3) is 0.778. The Balaban J connectivity index is 5.35. The molecule has 5 atom stereocenters. The molecule has 0 bridgehead atoms. The lowest BCUT2D eigenvalue weighted by Crippen LogP contribution is -2.59. The molecule has 174 valence electrons. The van der Waals surface area contributed by atoms with Gasteiger partial charge in [-0.2, -0.15) is 12.6 Å². The third kappa shape index (κ3) is 9.74. The van der Waals surface area contributed by atoms with Crippen molar-refractivity contribution in [2.45, 2.75) is 70.3 Å². The lowest BCUT2D eigenvalue weighted by Gasteiger charge is -2.27. The van der Waals surface area contributed by atoms with Gasteiger partial charge in [0.05, 0.1) is 12.1 Å². The lowest BCUT2D eigenvalue weighted by molar-refractivity contribution is -0.145. The Morgan fingerprint density at radius 2 is 1.50 bits per heavy atom. The van der Waals surface area contributed by atoms with Crippen LogP contribution in [-0.2, 0) is 19.2 Å². The van der Waals surface area contributed by atoms with E-state index in [1.807, 2.05) is 0 Å². The van der Waals surface area contributed by atoms with E-state index in [2.05, 4.69) is 28.6 Å². The molecule has 11 nitrogen and oxygen atoms in total. The van der Waals surface area contributed by atoms with E-state index >= 15 is 0 Å². The second-order valence-electron chi connectivity index (χ2n) is 7.43. The van der Waals surface area contributed by atoms with E-state index in [4.69, 9.17) is 16.6 Å². The number of carboxylic acid groups (broad SMARTS) is 1. The fourth-order valence-electron chi connectivity index (χ4n) is 2.54. The number of aliphatic hydroxyl groups is 1. The number of rotatable bonds is 14. The van der Waals surface area contributed by atoms with Crippen molar-refractivity contribution in [2.75, 3.05) is 12.3 Å². The van der Waals surface area contributed by atoms with E-state index in [9.17, 15) is 24.3 Å². The monoisotopic (exact) mass is 449 g/mol. The molecule has 0 spiro atoms. The standard InChI is InChI=1S/C18H35N5O6S/c1-9(2)13(17(27)23-14(10(3)24)18(28)29)22-16(26)12(6-4-5-7-19)21-15(25)11(20)8-30/h9-14,24,30H,4-8,19-20H2,1-3H3,(H,21,25)(H,22,26)(H,23,27)(H,28,29). The Labute approximate surface area is 182 Å². The minimum atomic E-state index is -1.52. The maximum absolute atomic E-state index is 12.8. The SMILES string of the molecule is CC(C)C(NC(=O)C(CCCCN)NC(=O)C(N)CS)C(=O)NC(C(=O)O)C(C)O. The van der Waals surface area contributed by atoms with Gasteiger partial charge in [0, 0.05) is 5.75 Å². The number of hydrogen-bond acceptors (Lipinski definition) is 8. The summed E-state index contributed by atoms with van der Waals surface area (Å²) in [7, 11) is 0. The molecule has 0 aliphatic carbocycles. The van der Waals surface area contributed by atoms with Crippen LogP contribution in [0.25, 0.3) is 0 Å². The lowest BCUT2D eigenvalue weighted by atomic mass is 10.0. The van der Waals surface area contributed by atoms with Crippen LogP contribution in [0.2, 0.25) is 0 Å². The quantitative estimate of drug-likeness (QED) is 0.109. The summed E-state index contributed by atoms with van der Waals surface area (Å²) in [5.74, 6) is -3.62. The second kappa shape index (κ2) is 14.2. The highest BCUT2D eigenvalue weighted by Gasteiger charge is 2.33. The van der Waals surface area contributed by atoms with Gasteiger partial charge in [0.1, 0.15) is 12.1 Å². The van der Waals surface area contributed by atoms with Gasteiger partial charge in [0.15, 0.2) is 6.04 Å². The Hall–Kier alpha value is -1.89. The van der Waals surface area contributed by atoms with Crippen LogP contribution in [0.15, 0.2) is 0 Å². The van der Waals surface area contributed by atoms with Gasteiger partial charge >= 0.3 is 5.97 Å². The molecule has 12 heteroatoms. The van der Waals surface area contributed by atoms with Crippen molar-refractivity contribution in [1.82, 2.24) is 16.0 Å². The average molecular weight is 450 g/mol.